The van der Waals surface area contributed by atoms with Gasteiger partial charge in [0.2, 0.25) is 0 Å². The topological polar surface area (TPSA) is 59.9 Å². The number of likely N-dealkylation sites (N-methyl/N-ethyl adjacent to an activating group) is 1. The second-order valence-corrected chi connectivity index (χ2v) is 8.10. The molecule has 0 aliphatic heterocycles. The zero-order valence-electron chi connectivity index (χ0n) is 15.8. The SMILES string of the molecule is CCNC(=NCC(C)(C)N(C)C)NCC(O)c1cc2ccccc2s1. The van der Waals surface area contributed by atoms with Crippen molar-refractivity contribution in [2.75, 3.05) is 33.7 Å². The number of fused-ring (bicyclic) bond motifs is 1. The summed E-state index contributed by atoms with van der Waals surface area (Å²) in [7, 11) is 4.11. The van der Waals surface area contributed by atoms with E-state index in [1.54, 1.807) is 11.3 Å². The summed E-state index contributed by atoms with van der Waals surface area (Å²) in [6, 6.07) is 10.3. The van der Waals surface area contributed by atoms with E-state index < -0.39 is 6.10 Å². The molecule has 0 fully saturated rings. The summed E-state index contributed by atoms with van der Waals surface area (Å²) in [4.78, 5) is 7.79. The molecule has 1 unspecified atom stereocenters. The van der Waals surface area contributed by atoms with Crippen molar-refractivity contribution < 1.29 is 5.11 Å². The molecular formula is C19H30N4OS. The lowest BCUT2D eigenvalue weighted by molar-refractivity contribution is 0.184. The van der Waals surface area contributed by atoms with Crippen LogP contribution in [0.3, 0.4) is 0 Å². The van der Waals surface area contributed by atoms with Gasteiger partial charge in [0, 0.05) is 28.2 Å². The summed E-state index contributed by atoms with van der Waals surface area (Å²) in [6.07, 6.45) is -0.553. The quantitative estimate of drug-likeness (QED) is 0.524. The van der Waals surface area contributed by atoms with Gasteiger partial charge in [0.1, 0.15) is 6.10 Å². The molecule has 1 aromatic carbocycles. The first kappa shape index (κ1) is 19.7. The Morgan fingerprint density at radius 1 is 1.28 bits per heavy atom. The number of benzene rings is 1. The fraction of sp³-hybridized carbons (Fsp3) is 0.526. The van der Waals surface area contributed by atoms with E-state index in [1.807, 2.05) is 19.1 Å². The van der Waals surface area contributed by atoms with Crippen molar-refractivity contribution in [3.05, 3.63) is 35.2 Å². The van der Waals surface area contributed by atoms with Crippen LogP contribution in [0.15, 0.2) is 35.3 Å². The fourth-order valence-electron chi connectivity index (χ4n) is 2.22. The number of aliphatic hydroxyl groups is 1. The zero-order chi connectivity index (χ0) is 18.4. The largest absolute Gasteiger partial charge is 0.386 e. The van der Waals surface area contributed by atoms with Gasteiger partial charge in [0.15, 0.2) is 5.96 Å². The van der Waals surface area contributed by atoms with Crippen molar-refractivity contribution in [3.63, 3.8) is 0 Å². The average Bonchev–Trinajstić information content (AvgIpc) is 3.01. The van der Waals surface area contributed by atoms with E-state index in [0.717, 1.165) is 17.4 Å². The van der Waals surface area contributed by atoms with Crippen molar-refractivity contribution in [2.45, 2.75) is 32.4 Å². The molecule has 2 aromatic rings. The standard InChI is InChI=1S/C19H30N4OS/c1-6-20-18(22-13-19(2,3)23(4)5)21-12-15(24)17-11-14-9-7-8-10-16(14)25-17/h7-11,15,24H,6,12-13H2,1-5H3,(H2,20,21,22). The van der Waals surface area contributed by atoms with Crippen LogP contribution in [0.2, 0.25) is 0 Å². The highest BCUT2D eigenvalue weighted by Gasteiger charge is 2.20. The number of aliphatic hydroxyl groups excluding tert-OH is 1. The Morgan fingerprint density at radius 3 is 2.64 bits per heavy atom. The monoisotopic (exact) mass is 362 g/mol. The third-order valence-electron chi connectivity index (χ3n) is 4.41. The van der Waals surface area contributed by atoms with E-state index in [4.69, 9.17) is 0 Å². The molecule has 0 radical (unpaired) electrons. The molecule has 6 heteroatoms. The Labute approximate surface area is 154 Å². The van der Waals surface area contributed by atoms with Gasteiger partial charge in [0.25, 0.3) is 0 Å². The first-order valence-electron chi connectivity index (χ1n) is 8.69. The molecular weight excluding hydrogens is 332 g/mol. The van der Waals surface area contributed by atoms with Crippen molar-refractivity contribution in [2.24, 2.45) is 4.99 Å². The molecule has 0 spiro atoms. The van der Waals surface area contributed by atoms with E-state index in [0.29, 0.717) is 13.1 Å². The number of rotatable bonds is 7. The van der Waals surface area contributed by atoms with Crippen LogP contribution in [0.4, 0.5) is 0 Å². The molecule has 0 aliphatic carbocycles. The molecule has 1 atom stereocenters. The smallest absolute Gasteiger partial charge is 0.191 e. The van der Waals surface area contributed by atoms with Crippen LogP contribution in [-0.2, 0) is 0 Å². The van der Waals surface area contributed by atoms with E-state index >= 15 is 0 Å². The van der Waals surface area contributed by atoms with Crippen LogP contribution in [0, 0.1) is 0 Å². The number of nitrogens with zero attached hydrogens (tertiary/aromatic N) is 2. The van der Waals surface area contributed by atoms with Crippen LogP contribution >= 0.6 is 11.3 Å². The van der Waals surface area contributed by atoms with Gasteiger partial charge in [-0.1, -0.05) is 18.2 Å². The van der Waals surface area contributed by atoms with Gasteiger partial charge in [-0.05, 0) is 52.4 Å². The van der Waals surface area contributed by atoms with Gasteiger partial charge >= 0.3 is 0 Å². The highest BCUT2D eigenvalue weighted by molar-refractivity contribution is 7.19. The Bertz CT molecular complexity index is 675. The first-order valence-corrected chi connectivity index (χ1v) is 9.51. The van der Waals surface area contributed by atoms with Gasteiger partial charge in [-0.2, -0.15) is 0 Å². The minimum absolute atomic E-state index is 0.0214. The molecule has 0 bridgehead atoms. The third kappa shape index (κ3) is 5.42. The van der Waals surface area contributed by atoms with Crippen LogP contribution in [-0.4, -0.2) is 55.2 Å². The number of nitrogens with one attached hydrogen (secondary N) is 2. The Hall–Kier alpha value is -1.63. The third-order valence-corrected chi connectivity index (χ3v) is 5.63. The van der Waals surface area contributed by atoms with E-state index in [-0.39, 0.29) is 5.54 Å². The van der Waals surface area contributed by atoms with Crippen LogP contribution in [0.5, 0.6) is 0 Å². The highest BCUT2D eigenvalue weighted by Crippen LogP contribution is 2.29. The summed E-state index contributed by atoms with van der Waals surface area (Å²) in [5.41, 5.74) is -0.0214. The van der Waals surface area contributed by atoms with Crippen LogP contribution in [0.1, 0.15) is 31.8 Å². The summed E-state index contributed by atoms with van der Waals surface area (Å²) in [5.74, 6) is 0.734. The molecule has 25 heavy (non-hydrogen) atoms. The summed E-state index contributed by atoms with van der Waals surface area (Å²) >= 11 is 1.63. The lowest BCUT2D eigenvalue weighted by Crippen LogP contribution is -2.44. The summed E-state index contributed by atoms with van der Waals surface area (Å²) in [5, 5.41) is 18.2. The van der Waals surface area contributed by atoms with Gasteiger partial charge in [-0.15, -0.1) is 11.3 Å². The second-order valence-electron chi connectivity index (χ2n) is 6.99. The predicted molar refractivity (Wildman–Crippen MR) is 109 cm³/mol. The van der Waals surface area contributed by atoms with Crippen molar-refractivity contribution >= 4 is 27.4 Å². The Balaban J connectivity index is 1.99. The van der Waals surface area contributed by atoms with Gasteiger partial charge in [-0.3, -0.25) is 4.99 Å². The maximum atomic E-state index is 10.5. The highest BCUT2D eigenvalue weighted by atomic mass is 32.1. The second kappa shape index (κ2) is 8.65. The number of hydrogen-bond acceptors (Lipinski definition) is 4. The number of hydrogen-bond donors (Lipinski definition) is 3. The van der Waals surface area contributed by atoms with Crippen LogP contribution < -0.4 is 10.6 Å². The Morgan fingerprint density at radius 2 is 2.00 bits per heavy atom. The predicted octanol–water partition coefficient (Wildman–Crippen LogP) is 2.83. The van der Waals surface area contributed by atoms with Crippen molar-refractivity contribution in [1.29, 1.82) is 0 Å². The van der Waals surface area contributed by atoms with E-state index in [1.165, 1.54) is 10.1 Å². The molecule has 1 aromatic heterocycles. The molecule has 0 saturated carbocycles. The number of thiophene rings is 1. The normalized spacial score (nSPS) is 14.1. The molecule has 0 amide bonds. The molecule has 3 N–H and O–H groups in total. The lowest BCUT2D eigenvalue weighted by Gasteiger charge is -2.31. The number of aliphatic imine (C=N–C) groups is 1. The van der Waals surface area contributed by atoms with Gasteiger partial charge in [-0.25, -0.2) is 0 Å². The molecule has 0 saturated heterocycles. The minimum Gasteiger partial charge on any atom is -0.386 e. The molecule has 0 aliphatic rings. The lowest BCUT2D eigenvalue weighted by atomic mass is 10.1. The van der Waals surface area contributed by atoms with Crippen LogP contribution in [0.25, 0.3) is 10.1 Å². The van der Waals surface area contributed by atoms with Crippen molar-refractivity contribution in [1.82, 2.24) is 15.5 Å². The summed E-state index contributed by atoms with van der Waals surface area (Å²) < 4.78 is 1.20. The van der Waals surface area contributed by atoms with E-state index in [9.17, 15) is 5.11 Å². The number of guanidine groups is 1. The maximum Gasteiger partial charge on any atom is 0.191 e. The van der Waals surface area contributed by atoms with Gasteiger partial charge < -0.3 is 20.6 Å². The first-order chi connectivity index (χ1) is 11.8. The van der Waals surface area contributed by atoms with Gasteiger partial charge in [0.05, 0.1) is 6.54 Å². The minimum atomic E-state index is -0.553. The molecule has 138 valence electrons. The molecule has 2 rings (SSSR count). The average molecular weight is 363 g/mol. The summed E-state index contributed by atoms with van der Waals surface area (Å²) in [6.45, 7) is 8.25. The maximum absolute atomic E-state index is 10.5. The fourth-order valence-corrected chi connectivity index (χ4v) is 3.27. The zero-order valence-corrected chi connectivity index (χ0v) is 16.7. The van der Waals surface area contributed by atoms with Crippen molar-refractivity contribution in [3.8, 4) is 0 Å². The molecule has 1 heterocycles. The van der Waals surface area contributed by atoms with E-state index in [2.05, 4.69) is 66.7 Å². The Kier molecular flexibility index (Phi) is 6.81. The molecule has 5 nitrogen and oxygen atoms in total.